The third-order valence-electron chi connectivity index (χ3n) is 3.91. The lowest BCUT2D eigenvalue weighted by Gasteiger charge is -2.20. The molecule has 0 aromatic heterocycles. The van der Waals surface area contributed by atoms with E-state index >= 15 is 0 Å². The van der Waals surface area contributed by atoms with E-state index in [-0.39, 0.29) is 5.57 Å². The lowest BCUT2D eigenvalue weighted by molar-refractivity contribution is -0.130. The highest BCUT2D eigenvalue weighted by atomic mass is 16.4. The third-order valence-corrected chi connectivity index (χ3v) is 3.91. The monoisotopic (exact) mass is 276 g/mol. The zero-order chi connectivity index (χ0) is 14.8. The van der Waals surface area contributed by atoms with Gasteiger partial charge in [0.05, 0.1) is 5.57 Å². The number of hydrogen-bond donors (Lipinski definition) is 1. The summed E-state index contributed by atoms with van der Waals surface area (Å²) in [6.07, 6.45) is 3.92. The molecule has 0 bridgehead atoms. The molecule has 0 atom stereocenters. The minimum Gasteiger partial charge on any atom is -0.478 e. The van der Waals surface area contributed by atoms with E-state index in [1.807, 2.05) is 36.4 Å². The first-order valence-corrected chi connectivity index (χ1v) is 6.97. The van der Waals surface area contributed by atoms with Gasteiger partial charge in [-0.25, -0.2) is 4.79 Å². The molecule has 2 nitrogen and oxygen atoms in total. The van der Waals surface area contributed by atoms with Gasteiger partial charge in [0, 0.05) is 0 Å². The molecule has 0 amide bonds. The number of fused-ring (bicyclic) bond motifs is 1. The van der Waals surface area contributed by atoms with Gasteiger partial charge >= 0.3 is 5.97 Å². The largest absolute Gasteiger partial charge is 0.478 e. The van der Waals surface area contributed by atoms with Crippen molar-refractivity contribution in [1.29, 1.82) is 0 Å². The van der Waals surface area contributed by atoms with E-state index in [2.05, 4.69) is 24.8 Å². The first-order chi connectivity index (χ1) is 10.2. The van der Waals surface area contributed by atoms with E-state index in [0.717, 1.165) is 29.5 Å². The lowest BCUT2D eigenvalue weighted by atomic mass is 9.84. The summed E-state index contributed by atoms with van der Waals surface area (Å²) in [5.41, 5.74) is 5.63. The van der Waals surface area contributed by atoms with E-state index in [0.29, 0.717) is 0 Å². The molecule has 0 fully saturated rings. The van der Waals surface area contributed by atoms with Gasteiger partial charge in [-0.2, -0.15) is 0 Å². The highest BCUT2D eigenvalue weighted by Crippen LogP contribution is 2.33. The number of carbonyl (C=O) groups is 1. The van der Waals surface area contributed by atoms with Crippen LogP contribution in [0.1, 0.15) is 28.7 Å². The molecule has 2 heteroatoms. The summed E-state index contributed by atoms with van der Waals surface area (Å²) in [5.74, 6) is -0.957. The highest BCUT2D eigenvalue weighted by molar-refractivity contribution is 6.15. The van der Waals surface area contributed by atoms with Crippen LogP contribution in [0.2, 0.25) is 0 Å². The minimum atomic E-state index is -0.957. The Labute approximate surface area is 124 Å². The third kappa shape index (κ3) is 2.52. The molecular weight excluding hydrogens is 260 g/mol. The standard InChI is InChI=1S/C19H16O2/c1-13(19(20)21)17-9-5-8-16-12-15(10-11-18(16)17)14-6-3-2-4-7-14/h2-9,12H,1,10-11H2,(H,20,21). The number of aliphatic carboxylic acids is 1. The molecule has 2 aromatic carbocycles. The fourth-order valence-electron chi connectivity index (χ4n) is 2.82. The van der Waals surface area contributed by atoms with Crippen molar-refractivity contribution >= 4 is 23.2 Å². The van der Waals surface area contributed by atoms with E-state index in [1.165, 1.54) is 11.1 Å². The Kier molecular flexibility index (Phi) is 3.44. The van der Waals surface area contributed by atoms with Crippen LogP contribution in [0.4, 0.5) is 0 Å². The molecule has 1 aliphatic carbocycles. The van der Waals surface area contributed by atoms with Gasteiger partial charge < -0.3 is 5.11 Å². The quantitative estimate of drug-likeness (QED) is 0.850. The predicted octanol–water partition coefficient (Wildman–Crippen LogP) is 4.27. The van der Waals surface area contributed by atoms with Crippen molar-refractivity contribution in [3.63, 3.8) is 0 Å². The maximum absolute atomic E-state index is 11.2. The van der Waals surface area contributed by atoms with Gasteiger partial charge in [-0.15, -0.1) is 0 Å². The molecule has 0 heterocycles. The van der Waals surface area contributed by atoms with Crippen LogP contribution in [0, 0.1) is 0 Å². The van der Waals surface area contributed by atoms with Gasteiger partial charge in [0.2, 0.25) is 0 Å². The van der Waals surface area contributed by atoms with Crippen molar-refractivity contribution in [3.05, 3.63) is 77.4 Å². The minimum absolute atomic E-state index is 0.170. The fraction of sp³-hybridized carbons (Fsp3) is 0.105. The number of benzene rings is 2. The average Bonchev–Trinajstić information content (AvgIpc) is 2.53. The number of rotatable bonds is 3. The molecule has 1 N–H and O–H groups in total. The number of carboxylic acids is 1. The zero-order valence-electron chi connectivity index (χ0n) is 11.7. The Morgan fingerprint density at radius 2 is 1.76 bits per heavy atom. The fourth-order valence-corrected chi connectivity index (χ4v) is 2.82. The molecule has 3 rings (SSSR count). The first kappa shape index (κ1) is 13.4. The predicted molar refractivity (Wildman–Crippen MR) is 85.7 cm³/mol. The Morgan fingerprint density at radius 3 is 2.48 bits per heavy atom. The second kappa shape index (κ2) is 5.41. The second-order valence-corrected chi connectivity index (χ2v) is 5.19. The maximum Gasteiger partial charge on any atom is 0.335 e. The molecule has 0 saturated carbocycles. The van der Waals surface area contributed by atoms with Crippen LogP contribution < -0.4 is 0 Å². The van der Waals surface area contributed by atoms with Crippen molar-refractivity contribution in [2.45, 2.75) is 12.8 Å². The molecule has 104 valence electrons. The molecule has 0 radical (unpaired) electrons. The molecule has 0 aliphatic heterocycles. The molecule has 0 spiro atoms. The van der Waals surface area contributed by atoms with Crippen molar-refractivity contribution in [2.75, 3.05) is 0 Å². The summed E-state index contributed by atoms with van der Waals surface area (Å²) in [4.78, 5) is 11.2. The first-order valence-electron chi connectivity index (χ1n) is 6.97. The number of hydrogen-bond acceptors (Lipinski definition) is 1. The van der Waals surface area contributed by atoms with Gasteiger partial charge in [0.1, 0.15) is 0 Å². The summed E-state index contributed by atoms with van der Waals surface area (Å²) < 4.78 is 0. The van der Waals surface area contributed by atoms with Crippen molar-refractivity contribution in [3.8, 4) is 0 Å². The van der Waals surface area contributed by atoms with Gasteiger partial charge in [-0.1, -0.05) is 61.2 Å². The molecule has 0 saturated heterocycles. The topological polar surface area (TPSA) is 37.3 Å². The summed E-state index contributed by atoms with van der Waals surface area (Å²) in [6, 6.07) is 16.1. The lowest BCUT2D eigenvalue weighted by Crippen LogP contribution is -2.06. The Bertz CT molecular complexity index is 739. The number of carboxylic acid groups (broad SMARTS) is 1. The van der Waals surface area contributed by atoms with Crippen molar-refractivity contribution in [2.24, 2.45) is 0 Å². The van der Waals surface area contributed by atoms with Crippen LogP contribution in [0.25, 0.3) is 17.2 Å². The van der Waals surface area contributed by atoms with Crippen molar-refractivity contribution in [1.82, 2.24) is 0 Å². The SMILES string of the molecule is C=C(C(=O)O)c1cccc2c1CCC(c1ccccc1)=C2. The van der Waals surface area contributed by atoms with E-state index in [9.17, 15) is 4.79 Å². The van der Waals surface area contributed by atoms with Gasteiger partial charge in [0.25, 0.3) is 0 Å². The Morgan fingerprint density at radius 1 is 1.00 bits per heavy atom. The van der Waals surface area contributed by atoms with Gasteiger partial charge in [-0.3, -0.25) is 0 Å². The van der Waals surface area contributed by atoms with Crippen LogP contribution in [0.3, 0.4) is 0 Å². The normalized spacial score (nSPS) is 13.2. The van der Waals surface area contributed by atoms with E-state index in [1.54, 1.807) is 0 Å². The van der Waals surface area contributed by atoms with E-state index < -0.39 is 5.97 Å². The van der Waals surface area contributed by atoms with Crippen molar-refractivity contribution < 1.29 is 9.90 Å². The van der Waals surface area contributed by atoms with Crippen LogP contribution in [0.5, 0.6) is 0 Å². The highest BCUT2D eigenvalue weighted by Gasteiger charge is 2.18. The van der Waals surface area contributed by atoms with Gasteiger partial charge in [-0.05, 0) is 40.7 Å². The van der Waals surface area contributed by atoms with Crippen LogP contribution >= 0.6 is 0 Å². The zero-order valence-corrected chi connectivity index (χ0v) is 11.7. The van der Waals surface area contributed by atoms with E-state index in [4.69, 9.17) is 5.11 Å². The smallest absolute Gasteiger partial charge is 0.335 e. The van der Waals surface area contributed by atoms with Gasteiger partial charge in [0.15, 0.2) is 0 Å². The Hall–Kier alpha value is -2.61. The molecule has 2 aromatic rings. The molecular formula is C19H16O2. The summed E-state index contributed by atoms with van der Waals surface area (Å²) in [6.45, 7) is 3.69. The summed E-state index contributed by atoms with van der Waals surface area (Å²) in [7, 11) is 0. The summed E-state index contributed by atoms with van der Waals surface area (Å²) >= 11 is 0. The Balaban J connectivity index is 2.05. The average molecular weight is 276 g/mol. The molecule has 21 heavy (non-hydrogen) atoms. The molecule has 1 aliphatic rings. The van der Waals surface area contributed by atoms with Crippen LogP contribution in [0.15, 0.2) is 55.1 Å². The van der Waals surface area contributed by atoms with Crippen LogP contribution in [-0.2, 0) is 11.2 Å². The molecule has 0 unspecified atom stereocenters. The van der Waals surface area contributed by atoms with Crippen LogP contribution in [-0.4, -0.2) is 11.1 Å². The summed E-state index contributed by atoms with van der Waals surface area (Å²) in [5, 5.41) is 9.15. The second-order valence-electron chi connectivity index (χ2n) is 5.19. The number of allylic oxidation sites excluding steroid dienone is 1. The maximum atomic E-state index is 11.2.